The number of nitrogen functional groups attached to an aromatic ring is 1. The van der Waals surface area contributed by atoms with E-state index in [9.17, 15) is 9.90 Å². The Morgan fingerprint density at radius 1 is 1.21 bits per heavy atom. The van der Waals surface area contributed by atoms with E-state index < -0.39 is 0 Å². The molecule has 1 aliphatic heterocycles. The Morgan fingerprint density at radius 3 is 2.74 bits per heavy atom. The molecule has 4 aromatic rings. The topological polar surface area (TPSA) is 128 Å². The number of nitrogens with zero attached hydrogens (tertiary/aromatic N) is 4. The van der Waals surface area contributed by atoms with E-state index in [0.29, 0.717) is 29.5 Å². The molecule has 9 nitrogen and oxygen atoms in total. The molecule has 0 bridgehead atoms. The number of aromatic nitrogens is 4. The minimum absolute atomic E-state index is 0.0248. The van der Waals surface area contributed by atoms with Crippen LogP contribution in [0.5, 0.6) is 0 Å². The summed E-state index contributed by atoms with van der Waals surface area (Å²) in [6.07, 6.45) is 6.68. The lowest BCUT2D eigenvalue weighted by molar-refractivity contribution is -0.0282. The molecule has 3 aromatic heterocycles. The lowest BCUT2D eigenvalue weighted by Crippen LogP contribution is -2.28. The number of anilines is 2. The van der Waals surface area contributed by atoms with Crippen LogP contribution in [0.15, 0.2) is 55.0 Å². The summed E-state index contributed by atoms with van der Waals surface area (Å²) < 4.78 is 7.75. The number of carbonyl (C=O) groups excluding carboxylic acids is 1. The zero-order valence-corrected chi connectivity index (χ0v) is 18.8. The van der Waals surface area contributed by atoms with Crippen LogP contribution < -0.4 is 11.1 Å². The Bertz CT molecular complexity index is 1330. The molecular weight excluding hydrogens is 432 g/mol. The number of aliphatic hydroxyl groups excluding tert-OH is 1. The standard InChI is InChI=1S/C25H26N6O3/c1-15-8-9-27-20(12-15)29-25(33)17-4-2-16(3-5-17)21-22-23(26)28-10-11-31(22)24(30-21)18-6-7-19(13-32)34-14-18/h2-5,8-12,18-19,32H,6-7,13-14H2,1H3,(H2,26,28)(H,27,29,33). The Labute approximate surface area is 196 Å². The minimum atomic E-state index is -0.237. The molecule has 0 saturated carbocycles. The first kappa shape index (κ1) is 22.0. The lowest BCUT2D eigenvalue weighted by atomic mass is 9.98. The van der Waals surface area contributed by atoms with Gasteiger partial charge in [-0.15, -0.1) is 0 Å². The van der Waals surface area contributed by atoms with Gasteiger partial charge in [-0.2, -0.15) is 0 Å². The third kappa shape index (κ3) is 4.23. The van der Waals surface area contributed by atoms with Crippen molar-refractivity contribution >= 4 is 23.1 Å². The molecule has 5 rings (SSSR count). The fraction of sp³-hybridized carbons (Fsp3) is 0.280. The van der Waals surface area contributed by atoms with Crippen molar-refractivity contribution < 1.29 is 14.6 Å². The lowest BCUT2D eigenvalue weighted by Gasteiger charge is -2.27. The number of hydrogen-bond donors (Lipinski definition) is 3. The predicted octanol–water partition coefficient (Wildman–Crippen LogP) is 3.19. The van der Waals surface area contributed by atoms with Gasteiger partial charge in [0.25, 0.3) is 5.91 Å². The molecule has 2 unspecified atom stereocenters. The van der Waals surface area contributed by atoms with Crippen LogP contribution in [0, 0.1) is 6.92 Å². The molecule has 0 spiro atoms. The van der Waals surface area contributed by atoms with Gasteiger partial charge in [0, 0.05) is 35.6 Å². The van der Waals surface area contributed by atoms with Crippen LogP contribution >= 0.6 is 0 Å². The molecule has 4 N–H and O–H groups in total. The Hall–Kier alpha value is -3.82. The molecule has 2 atom stereocenters. The van der Waals surface area contributed by atoms with Crippen molar-refractivity contribution in [1.82, 2.24) is 19.4 Å². The van der Waals surface area contributed by atoms with E-state index in [1.165, 1.54) is 0 Å². The van der Waals surface area contributed by atoms with Gasteiger partial charge >= 0.3 is 0 Å². The van der Waals surface area contributed by atoms with Crippen LogP contribution in [0.1, 0.15) is 40.5 Å². The van der Waals surface area contributed by atoms with Gasteiger partial charge in [0.2, 0.25) is 0 Å². The Morgan fingerprint density at radius 2 is 2.03 bits per heavy atom. The molecule has 34 heavy (non-hydrogen) atoms. The van der Waals surface area contributed by atoms with Gasteiger partial charge in [-0.25, -0.2) is 15.0 Å². The molecule has 4 heterocycles. The average Bonchev–Trinajstić information content (AvgIpc) is 3.25. The summed E-state index contributed by atoms with van der Waals surface area (Å²) in [5.74, 6) is 1.59. The van der Waals surface area contributed by atoms with Crippen LogP contribution in [0.25, 0.3) is 16.8 Å². The van der Waals surface area contributed by atoms with Crippen LogP contribution in [-0.2, 0) is 4.74 Å². The van der Waals surface area contributed by atoms with Gasteiger partial charge in [0.15, 0.2) is 0 Å². The second-order valence-electron chi connectivity index (χ2n) is 8.51. The van der Waals surface area contributed by atoms with Crippen molar-refractivity contribution in [2.24, 2.45) is 0 Å². The highest BCUT2D eigenvalue weighted by Crippen LogP contribution is 2.34. The summed E-state index contributed by atoms with van der Waals surface area (Å²) in [4.78, 5) is 26.0. The smallest absolute Gasteiger partial charge is 0.256 e. The van der Waals surface area contributed by atoms with Crippen LogP contribution in [-0.4, -0.2) is 49.7 Å². The van der Waals surface area contributed by atoms with E-state index in [2.05, 4.69) is 15.3 Å². The predicted molar refractivity (Wildman–Crippen MR) is 129 cm³/mol. The van der Waals surface area contributed by atoms with Crippen molar-refractivity contribution in [3.8, 4) is 11.3 Å². The maximum Gasteiger partial charge on any atom is 0.256 e. The number of imidazole rings is 1. The van der Waals surface area contributed by atoms with E-state index in [4.69, 9.17) is 15.5 Å². The number of nitrogens with one attached hydrogen (secondary N) is 1. The van der Waals surface area contributed by atoms with Crippen molar-refractivity contribution in [2.45, 2.75) is 31.8 Å². The van der Waals surface area contributed by atoms with Gasteiger partial charge in [0.1, 0.15) is 28.7 Å². The van der Waals surface area contributed by atoms with Gasteiger partial charge in [-0.3, -0.25) is 9.20 Å². The summed E-state index contributed by atoms with van der Waals surface area (Å²) >= 11 is 0. The fourth-order valence-electron chi connectivity index (χ4n) is 4.30. The molecule has 1 amide bonds. The number of ether oxygens (including phenoxy) is 1. The molecule has 1 aromatic carbocycles. The molecule has 0 aliphatic carbocycles. The first-order chi connectivity index (χ1) is 16.5. The third-order valence-corrected chi connectivity index (χ3v) is 6.13. The zero-order valence-electron chi connectivity index (χ0n) is 18.8. The number of carbonyl (C=O) groups is 1. The second-order valence-corrected chi connectivity index (χ2v) is 8.51. The Kier molecular flexibility index (Phi) is 5.95. The number of fused-ring (bicyclic) bond motifs is 1. The number of aliphatic hydroxyl groups is 1. The SMILES string of the molecule is Cc1ccnc(NC(=O)c2ccc(-c3nc(C4CCC(CO)OC4)n4ccnc(N)c34)cc2)c1. The number of pyridine rings is 1. The fourth-order valence-corrected chi connectivity index (χ4v) is 4.30. The van der Waals surface area contributed by atoms with Crippen molar-refractivity contribution in [3.63, 3.8) is 0 Å². The number of amides is 1. The highest BCUT2D eigenvalue weighted by Gasteiger charge is 2.27. The number of benzene rings is 1. The van der Waals surface area contributed by atoms with E-state index in [-0.39, 0.29) is 24.5 Å². The highest BCUT2D eigenvalue weighted by atomic mass is 16.5. The van der Waals surface area contributed by atoms with E-state index in [1.807, 2.05) is 41.8 Å². The summed E-state index contributed by atoms with van der Waals surface area (Å²) in [5.41, 5.74) is 10.0. The van der Waals surface area contributed by atoms with Crippen LogP contribution in [0.2, 0.25) is 0 Å². The average molecular weight is 459 g/mol. The number of aryl methyl sites for hydroxylation is 1. The van der Waals surface area contributed by atoms with Gasteiger partial charge < -0.3 is 20.9 Å². The van der Waals surface area contributed by atoms with Crippen molar-refractivity contribution in [2.75, 3.05) is 24.3 Å². The van der Waals surface area contributed by atoms with Gasteiger partial charge in [0.05, 0.1) is 19.3 Å². The maximum absolute atomic E-state index is 12.7. The Balaban J connectivity index is 1.44. The first-order valence-corrected chi connectivity index (χ1v) is 11.2. The van der Waals surface area contributed by atoms with Crippen molar-refractivity contribution in [1.29, 1.82) is 0 Å². The van der Waals surface area contributed by atoms with E-state index >= 15 is 0 Å². The van der Waals surface area contributed by atoms with E-state index in [1.54, 1.807) is 24.5 Å². The van der Waals surface area contributed by atoms with Crippen LogP contribution in [0.4, 0.5) is 11.6 Å². The first-order valence-electron chi connectivity index (χ1n) is 11.2. The molecule has 0 radical (unpaired) electrons. The third-order valence-electron chi connectivity index (χ3n) is 6.13. The zero-order chi connectivity index (χ0) is 23.7. The summed E-state index contributed by atoms with van der Waals surface area (Å²) in [7, 11) is 0. The highest BCUT2D eigenvalue weighted by molar-refractivity contribution is 6.04. The number of hydrogen-bond acceptors (Lipinski definition) is 7. The molecule has 1 aliphatic rings. The largest absolute Gasteiger partial charge is 0.394 e. The van der Waals surface area contributed by atoms with E-state index in [0.717, 1.165) is 35.3 Å². The molecule has 1 saturated heterocycles. The molecule has 9 heteroatoms. The minimum Gasteiger partial charge on any atom is -0.394 e. The second kappa shape index (κ2) is 9.20. The summed E-state index contributed by atoms with van der Waals surface area (Å²) in [6.45, 7) is 2.45. The van der Waals surface area contributed by atoms with Gasteiger partial charge in [-0.1, -0.05) is 12.1 Å². The number of nitrogens with two attached hydrogens (primary N) is 1. The molecular formula is C25H26N6O3. The van der Waals surface area contributed by atoms with Gasteiger partial charge in [-0.05, 0) is 49.6 Å². The quantitative estimate of drug-likeness (QED) is 0.419. The van der Waals surface area contributed by atoms with Crippen molar-refractivity contribution in [3.05, 3.63) is 71.9 Å². The summed E-state index contributed by atoms with van der Waals surface area (Å²) in [6, 6.07) is 10.9. The normalized spacial score (nSPS) is 18.2. The summed E-state index contributed by atoms with van der Waals surface area (Å²) in [5, 5.41) is 12.2. The molecule has 174 valence electrons. The number of rotatable bonds is 5. The maximum atomic E-state index is 12.7. The van der Waals surface area contributed by atoms with Crippen LogP contribution in [0.3, 0.4) is 0 Å². The molecule has 1 fully saturated rings. The monoisotopic (exact) mass is 458 g/mol.